The van der Waals surface area contributed by atoms with Crippen LogP contribution in [0.2, 0.25) is 5.02 Å². The number of halogens is 1. The predicted molar refractivity (Wildman–Crippen MR) is 57.4 cm³/mol. The standard InChI is InChI=1S/C8H11ClN2O2S/c1-14(12,13)5-4-11-8-6-7(9)2-3-10-8/h2-3,6H,4-5H2,1H3,(H,10,11). The Balaban J connectivity index is 2.47. The van der Waals surface area contributed by atoms with Gasteiger partial charge < -0.3 is 5.32 Å². The van der Waals surface area contributed by atoms with Crippen molar-refractivity contribution in [3.8, 4) is 0 Å². The lowest BCUT2D eigenvalue weighted by molar-refractivity contribution is 0.602. The molecule has 0 aromatic carbocycles. The maximum atomic E-state index is 10.8. The van der Waals surface area contributed by atoms with Crippen LogP contribution in [-0.4, -0.2) is 32.0 Å². The van der Waals surface area contributed by atoms with Crippen LogP contribution in [0.5, 0.6) is 0 Å². The highest BCUT2D eigenvalue weighted by Gasteiger charge is 2.01. The molecule has 0 atom stereocenters. The van der Waals surface area contributed by atoms with Crippen LogP contribution >= 0.6 is 11.6 Å². The zero-order chi connectivity index (χ0) is 10.6. The lowest BCUT2D eigenvalue weighted by Gasteiger charge is -2.03. The Morgan fingerprint density at radius 2 is 2.29 bits per heavy atom. The topological polar surface area (TPSA) is 59.1 Å². The molecule has 6 heteroatoms. The Labute approximate surface area is 88.2 Å². The first-order valence-electron chi connectivity index (χ1n) is 4.00. The molecule has 4 nitrogen and oxygen atoms in total. The zero-order valence-electron chi connectivity index (χ0n) is 7.70. The van der Waals surface area contributed by atoms with Crippen molar-refractivity contribution in [3.63, 3.8) is 0 Å². The summed E-state index contributed by atoms with van der Waals surface area (Å²) >= 11 is 5.72. The van der Waals surface area contributed by atoms with Crippen molar-refractivity contribution < 1.29 is 8.42 Å². The van der Waals surface area contributed by atoms with Crippen molar-refractivity contribution in [1.82, 2.24) is 4.98 Å². The monoisotopic (exact) mass is 234 g/mol. The summed E-state index contributed by atoms with van der Waals surface area (Å²) in [5.41, 5.74) is 0. The molecule has 0 fully saturated rings. The molecule has 1 aromatic rings. The second-order valence-corrected chi connectivity index (χ2v) is 5.61. The van der Waals surface area contributed by atoms with E-state index in [-0.39, 0.29) is 5.75 Å². The lowest BCUT2D eigenvalue weighted by atomic mass is 10.4. The molecule has 0 radical (unpaired) electrons. The normalized spacial score (nSPS) is 11.3. The van der Waals surface area contributed by atoms with E-state index < -0.39 is 9.84 Å². The molecule has 1 aromatic heterocycles. The van der Waals surface area contributed by atoms with E-state index in [4.69, 9.17) is 11.6 Å². The van der Waals surface area contributed by atoms with E-state index in [0.29, 0.717) is 17.4 Å². The molecule has 1 rings (SSSR count). The summed E-state index contributed by atoms with van der Waals surface area (Å²) in [6.07, 6.45) is 2.76. The van der Waals surface area contributed by atoms with Crippen LogP contribution in [0.4, 0.5) is 5.82 Å². The summed E-state index contributed by atoms with van der Waals surface area (Å²) < 4.78 is 21.6. The highest BCUT2D eigenvalue weighted by molar-refractivity contribution is 7.90. The number of hydrogen-bond donors (Lipinski definition) is 1. The molecule has 0 aliphatic rings. The Morgan fingerprint density at radius 3 is 2.86 bits per heavy atom. The molecule has 0 amide bonds. The molecule has 1 heterocycles. The van der Waals surface area contributed by atoms with E-state index >= 15 is 0 Å². The van der Waals surface area contributed by atoms with Gasteiger partial charge in [0.25, 0.3) is 0 Å². The van der Waals surface area contributed by atoms with Gasteiger partial charge >= 0.3 is 0 Å². The minimum Gasteiger partial charge on any atom is -0.369 e. The number of nitrogens with zero attached hydrogens (tertiary/aromatic N) is 1. The zero-order valence-corrected chi connectivity index (χ0v) is 9.27. The fourth-order valence-electron chi connectivity index (χ4n) is 0.866. The number of rotatable bonds is 4. The first-order valence-corrected chi connectivity index (χ1v) is 6.44. The Kier molecular flexibility index (Phi) is 3.71. The average molecular weight is 235 g/mol. The number of sulfone groups is 1. The summed E-state index contributed by atoms with van der Waals surface area (Å²) in [4.78, 5) is 3.97. The van der Waals surface area contributed by atoms with E-state index in [1.807, 2.05) is 0 Å². The summed E-state index contributed by atoms with van der Waals surface area (Å²) in [5, 5.41) is 3.44. The van der Waals surface area contributed by atoms with Gasteiger partial charge in [-0.05, 0) is 12.1 Å². The van der Waals surface area contributed by atoms with Crippen LogP contribution < -0.4 is 5.32 Å². The van der Waals surface area contributed by atoms with Crippen LogP contribution in [-0.2, 0) is 9.84 Å². The summed E-state index contributed by atoms with van der Waals surface area (Å²) in [6, 6.07) is 3.30. The van der Waals surface area contributed by atoms with Crippen molar-refractivity contribution in [1.29, 1.82) is 0 Å². The number of anilines is 1. The van der Waals surface area contributed by atoms with Crippen LogP contribution in [0.3, 0.4) is 0 Å². The number of hydrogen-bond acceptors (Lipinski definition) is 4. The molecule has 0 unspecified atom stereocenters. The van der Waals surface area contributed by atoms with Crippen LogP contribution in [0.25, 0.3) is 0 Å². The first-order chi connectivity index (χ1) is 6.47. The molecule has 0 saturated carbocycles. The molecule has 0 bridgehead atoms. The summed E-state index contributed by atoms with van der Waals surface area (Å²) in [6.45, 7) is 0.339. The average Bonchev–Trinajstić information content (AvgIpc) is 2.01. The van der Waals surface area contributed by atoms with Crippen molar-refractivity contribution in [2.75, 3.05) is 23.9 Å². The fourth-order valence-corrected chi connectivity index (χ4v) is 1.50. The fraction of sp³-hybridized carbons (Fsp3) is 0.375. The largest absolute Gasteiger partial charge is 0.369 e. The molecular weight excluding hydrogens is 224 g/mol. The van der Waals surface area contributed by atoms with Crippen molar-refractivity contribution in [2.45, 2.75) is 0 Å². The van der Waals surface area contributed by atoms with Gasteiger partial charge in [-0.1, -0.05) is 11.6 Å². The Hall–Kier alpha value is -0.810. The van der Waals surface area contributed by atoms with Gasteiger partial charge in [0.2, 0.25) is 0 Å². The van der Waals surface area contributed by atoms with Gasteiger partial charge in [0, 0.05) is 24.0 Å². The third kappa shape index (κ3) is 4.43. The predicted octanol–water partition coefficient (Wildman–Crippen LogP) is 1.19. The van der Waals surface area contributed by atoms with Gasteiger partial charge in [0.15, 0.2) is 0 Å². The Morgan fingerprint density at radius 1 is 1.57 bits per heavy atom. The third-order valence-corrected chi connectivity index (χ3v) is 2.68. The molecular formula is C8H11ClN2O2S. The number of nitrogens with one attached hydrogen (secondary N) is 1. The van der Waals surface area contributed by atoms with Crippen molar-refractivity contribution in [2.24, 2.45) is 0 Å². The molecule has 14 heavy (non-hydrogen) atoms. The lowest BCUT2D eigenvalue weighted by Crippen LogP contribution is -2.14. The molecule has 1 N–H and O–H groups in total. The van der Waals surface area contributed by atoms with Crippen LogP contribution in [0.15, 0.2) is 18.3 Å². The highest BCUT2D eigenvalue weighted by Crippen LogP contribution is 2.11. The third-order valence-electron chi connectivity index (χ3n) is 1.50. The first kappa shape index (κ1) is 11.3. The smallest absolute Gasteiger partial charge is 0.149 e. The molecule has 0 spiro atoms. The van der Waals surface area contributed by atoms with Gasteiger partial charge in [-0.15, -0.1) is 0 Å². The van der Waals surface area contributed by atoms with Crippen molar-refractivity contribution >= 4 is 27.3 Å². The van der Waals surface area contributed by atoms with E-state index in [2.05, 4.69) is 10.3 Å². The van der Waals surface area contributed by atoms with Crippen molar-refractivity contribution in [3.05, 3.63) is 23.4 Å². The van der Waals surface area contributed by atoms with Gasteiger partial charge in [-0.3, -0.25) is 0 Å². The highest BCUT2D eigenvalue weighted by atomic mass is 35.5. The van der Waals surface area contributed by atoms with Gasteiger partial charge in [0.1, 0.15) is 15.7 Å². The minimum absolute atomic E-state index is 0.0845. The summed E-state index contributed by atoms with van der Waals surface area (Å²) in [5.74, 6) is 0.669. The van der Waals surface area contributed by atoms with Gasteiger partial charge in [-0.2, -0.15) is 0 Å². The van der Waals surface area contributed by atoms with E-state index in [1.165, 1.54) is 6.26 Å². The second kappa shape index (κ2) is 4.61. The van der Waals surface area contributed by atoms with Crippen LogP contribution in [0, 0.1) is 0 Å². The second-order valence-electron chi connectivity index (χ2n) is 2.92. The van der Waals surface area contributed by atoms with E-state index in [9.17, 15) is 8.42 Å². The maximum absolute atomic E-state index is 10.8. The van der Waals surface area contributed by atoms with E-state index in [0.717, 1.165) is 0 Å². The molecule has 0 aliphatic heterocycles. The van der Waals surface area contributed by atoms with Gasteiger partial charge in [0.05, 0.1) is 5.75 Å². The number of pyridine rings is 1. The van der Waals surface area contributed by atoms with Gasteiger partial charge in [-0.25, -0.2) is 13.4 Å². The maximum Gasteiger partial charge on any atom is 0.149 e. The Bertz CT molecular complexity index is 406. The van der Waals surface area contributed by atoms with Crippen LogP contribution in [0.1, 0.15) is 0 Å². The quantitative estimate of drug-likeness (QED) is 0.850. The van der Waals surface area contributed by atoms with E-state index in [1.54, 1.807) is 18.3 Å². The molecule has 0 aliphatic carbocycles. The number of aromatic nitrogens is 1. The molecule has 0 saturated heterocycles. The molecule has 78 valence electrons. The SMILES string of the molecule is CS(=O)(=O)CCNc1cc(Cl)ccn1. The summed E-state index contributed by atoms with van der Waals surface area (Å²) in [7, 11) is -2.93. The minimum atomic E-state index is -2.93.